The average Bonchev–Trinajstić information content (AvgIpc) is 2.97. The van der Waals surface area contributed by atoms with Crippen LogP contribution in [0.5, 0.6) is 17.2 Å². The molecule has 2 N–H and O–H groups in total. The van der Waals surface area contributed by atoms with E-state index in [0.717, 1.165) is 17.3 Å². The van der Waals surface area contributed by atoms with Gasteiger partial charge in [0.05, 0.1) is 12.0 Å². The minimum atomic E-state index is -0.269. The van der Waals surface area contributed by atoms with E-state index in [2.05, 4.69) is 5.32 Å². The highest BCUT2D eigenvalue weighted by molar-refractivity contribution is 8.18. The zero-order valence-electron chi connectivity index (χ0n) is 14.2. The van der Waals surface area contributed by atoms with Crippen LogP contribution < -0.4 is 19.5 Å². The summed E-state index contributed by atoms with van der Waals surface area (Å²) in [5.41, 5.74) is 0.775. The summed E-state index contributed by atoms with van der Waals surface area (Å²) in [5.74, 6) is 1.71. The number of carbonyl (C=O) groups excluding carboxylic acids is 1. The Kier molecular flexibility index (Phi) is 5.80. The molecule has 2 aromatic rings. The number of amides is 1. The summed E-state index contributed by atoms with van der Waals surface area (Å²) < 4.78 is 16.7. The number of carbonyl (C=O) groups is 1. The molecule has 0 aliphatic carbocycles. The Labute approximate surface area is 155 Å². The molecule has 0 aromatic heterocycles. The van der Waals surface area contributed by atoms with Gasteiger partial charge in [-0.25, -0.2) is 0 Å². The number of rotatable bonds is 7. The van der Waals surface area contributed by atoms with Crippen LogP contribution >= 0.6 is 11.8 Å². The van der Waals surface area contributed by atoms with Crippen LogP contribution in [0.1, 0.15) is 5.56 Å². The lowest BCUT2D eigenvalue weighted by atomic mass is 10.2. The van der Waals surface area contributed by atoms with Gasteiger partial charge in [-0.05, 0) is 36.0 Å². The second-order valence-corrected chi connectivity index (χ2v) is 6.33. The number of benzene rings is 2. The number of methoxy groups -OCH3 is 1. The molecular formula is C19H18N2O4S. The summed E-state index contributed by atoms with van der Waals surface area (Å²) in [4.78, 5) is 12.2. The first kappa shape index (κ1) is 17.9. The fourth-order valence-electron chi connectivity index (χ4n) is 2.36. The molecule has 0 radical (unpaired) electrons. The molecule has 1 saturated heterocycles. The van der Waals surface area contributed by atoms with Crippen molar-refractivity contribution in [2.24, 2.45) is 0 Å². The third-order valence-corrected chi connectivity index (χ3v) is 4.37. The molecule has 1 heterocycles. The van der Waals surface area contributed by atoms with E-state index >= 15 is 0 Å². The summed E-state index contributed by atoms with van der Waals surface area (Å²) >= 11 is 1.10. The highest BCUT2D eigenvalue weighted by Gasteiger charge is 2.22. The Bertz CT molecular complexity index is 851. The maximum absolute atomic E-state index is 11.8. The van der Waals surface area contributed by atoms with E-state index in [9.17, 15) is 4.79 Å². The van der Waals surface area contributed by atoms with Crippen LogP contribution in [0, 0.1) is 5.41 Å². The van der Waals surface area contributed by atoms with Crippen molar-refractivity contribution in [3.8, 4) is 17.2 Å². The smallest absolute Gasteiger partial charge is 0.264 e. The summed E-state index contributed by atoms with van der Waals surface area (Å²) in [5, 5.41) is 10.1. The van der Waals surface area contributed by atoms with Crippen molar-refractivity contribution in [1.29, 1.82) is 5.41 Å². The zero-order chi connectivity index (χ0) is 18.4. The number of para-hydroxylation sites is 3. The lowest BCUT2D eigenvalue weighted by molar-refractivity contribution is -0.115. The highest BCUT2D eigenvalue weighted by Crippen LogP contribution is 2.29. The SMILES string of the molecule is COc1ccccc1OCCOc1ccccc1/C=C1\SC(=N)NC1=O. The van der Waals surface area contributed by atoms with Gasteiger partial charge in [-0.3, -0.25) is 10.2 Å². The van der Waals surface area contributed by atoms with Gasteiger partial charge in [0.25, 0.3) is 5.91 Å². The van der Waals surface area contributed by atoms with Crippen LogP contribution in [-0.4, -0.2) is 31.4 Å². The van der Waals surface area contributed by atoms with E-state index in [1.165, 1.54) is 0 Å². The minimum absolute atomic E-state index is 0.129. The van der Waals surface area contributed by atoms with E-state index in [1.54, 1.807) is 13.2 Å². The molecule has 0 atom stereocenters. The average molecular weight is 370 g/mol. The van der Waals surface area contributed by atoms with E-state index in [1.807, 2.05) is 48.5 Å². The molecule has 0 bridgehead atoms. The van der Waals surface area contributed by atoms with E-state index in [0.29, 0.717) is 35.4 Å². The Hall–Kier alpha value is -2.93. The van der Waals surface area contributed by atoms with Gasteiger partial charge in [0.2, 0.25) is 0 Å². The molecule has 1 aliphatic rings. The zero-order valence-corrected chi connectivity index (χ0v) is 15.0. The maximum atomic E-state index is 11.8. The molecule has 2 aromatic carbocycles. The van der Waals surface area contributed by atoms with E-state index < -0.39 is 0 Å². The highest BCUT2D eigenvalue weighted by atomic mass is 32.2. The van der Waals surface area contributed by atoms with Gasteiger partial charge in [-0.1, -0.05) is 30.3 Å². The van der Waals surface area contributed by atoms with Crippen LogP contribution in [-0.2, 0) is 4.79 Å². The van der Waals surface area contributed by atoms with Crippen molar-refractivity contribution in [1.82, 2.24) is 5.32 Å². The van der Waals surface area contributed by atoms with Crippen LogP contribution in [0.4, 0.5) is 0 Å². The number of amidine groups is 1. The lowest BCUT2D eigenvalue weighted by Crippen LogP contribution is -2.18. The Morgan fingerprint density at radius 3 is 2.27 bits per heavy atom. The summed E-state index contributed by atoms with van der Waals surface area (Å²) in [6, 6.07) is 14.8. The normalized spacial score (nSPS) is 15.0. The second-order valence-electron chi connectivity index (χ2n) is 5.28. The molecule has 134 valence electrons. The maximum Gasteiger partial charge on any atom is 0.264 e. The van der Waals surface area contributed by atoms with Gasteiger partial charge in [0, 0.05) is 5.56 Å². The molecule has 1 fully saturated rings. The van der Waals surface area contributed by atoms with Gasteiger partial charge in [-0.15, -0.1) is 0 Å². The quantitative estimate of drug-likeness (QED) is 0.577. The molecule has 1 aliphatic heterocycles. The van der Waals surface area contributed by atoms with Crippen molar-refractivity contribution in [3.63, 3.8) is 0 Å². The Morgan fingerprint density at radius 1 is 1.00 bits per heavy atom. The monoisotopic (exact) mass is 370 g/mol. The van der Waals surface area contributed by atoms with Crippen LogP contribution in [0.15, 0.2) is 53.4 Å². The van der Waals surface area contributed by atoms with Gasteiger partial charge < -0.3 is 19.5 Å². The topological polar surface area (TPSA) is 80.6 Å². The summed E-state index contributed by atoms with van der Waals surface area (Å²) in [7, 11) is 1.60. The molecular weight excluding hydrogens is 352 g/mol. The first-order chi connectivity index (χ1) is 12.7. The first-order valence-electron chi connectivity index (χ1n) is 7.94. The lowest BCUT2D eigenvalue weighted by Gasteiger charge is -2.12. The van der Waals surface area contributed by atoms with Crippen molar-refractivity contribution in [2.75, 3.05) is 20.3 Å². The van der Waals surface area contributed by atoms with Gasteiger partial charge in [0.1, 0.15) is 19.0 Å². The largest absolute Gasteiger partial charge is 0.493 e. The molecule has 6 nitrogen and oxygen atoms in total. The standard InChI is InChI=1S/C19H18N2O4S/c1-23-15-8-4-5-9-16(15)25-11-10-24-14-7-3-2-6-13(14)12-17-18(22)21-19(20)26-17/h2-9,12H,10-11H2,1H3,(H2,20,21,22)/b17-12-. The number of nitrogens with one attached hydrogen (secondary N) is 2. The predicted molar refractivity (Wildman–Crippen MR) is 102 cm³/mol. The van der Waals surface area contributed by atoms with Gasteiger partial charge in [0.15, 0.2) is 16.7 Å². The third kappa shape index (κ3) is 4.37. The summed E-state index contributed by atoms with van der Waals surface area (Å²) in [6.07, 6.45) is 1.72. The third-order valence-electron chi connectivity index (χ3n) is 3.54. The fraction of sp³-hybridized carbons (Fsp3) is 0.158. The van der Waals surface area contributed by atoms with Gasteiger partial charge in [-0.2, -0.15) is 0 Å². The van der Waals surface area contributed by atoms with Crippen molar-refractivity contribution in [2.45, 2.75) is 0 Å². The number of ether oxygens (including phenoxy) is 3. The van der Waals surface area contributed by atoms with Crippen molar-refractivity contribution in [3.05, 3.63) is 59.0 Å². The second kappa shape index (κ2) is 8.44. The van der Waals surface area contributed by atoms with Crippen LogP contribution in [0.25, 0.3) is 6.08 Å². The summed E-state index contributed by atoms with van der Waals surface area (Å²) in [6.45, 7) is 0.693. The number of thioether (sulfide) groups is 1. The number of hydrogen-bond acceptors (Lipinski definition) is 6. The predicted octanol–water partition coefficient (Wildman–Crippen LogP) is 3.29. The van der Waals surface area contributed by atoms with Gasteiger partial charge >= 0.3 is 0 Å². The molecule has 0 unspecified atom stereocenters. The molecule has 1 amide bonds. The molecule has 26 heavy (non-hydrogen) atoms. The minimum Gasteiger partial charge on any atom is -0.493 e. The van der Waals surface area contributed by atoms with Crippen LogP contribution in [0.2, 0.25) is 0 Å². The van der Waals surface area contributed by atoms with Crippen LogP contribution in [0.3, 0.4) is 0 Å². The number of hydrogen-bond donors (Lipinski definition) is 2. The molecule has 3 rings (SSSR count). The molecule has 0 spiro atoms. The molecule has 0 saturated carbocycles. The Balaban J connectivity index is 1.61. The van der Waals surface area contributed by atoms with E-state index in [-0.39, 0.29) is 11.1 Å². The van der Waals surface area contributed by atoms with E-state index in [4.69, 9.17) is 19.6 Å². The molecule has 7 heteroatoms. The fourth-order valence-corrected chi connectivity index (χ4v) is 3.05. The Morgan fingerprint density at radius 2 is 1.62 bits per heavy atom. The van der Waals surface area contributed by atoms with Crippen molar-refractivity contribution < 1.29 is 19.0 Å². The first-order valence-corrected chi connectivity index (χ1v) is 8.76. The van der Waals surface area contributed by atoms with Crippen molar-refractivity contribution >= 4 is 28.9 Å².